The van der Waals surface area contributed by atoms with E-state index in [-0.39, 0.29) is 17.5 Å². The summed E-state index contributed by atoms with van der Waals surface area (Å²) in [6.45, 7) is 3.74. The maximum Gasteiger partial charge on any atom is 0.254 e. The highest BCUT2D eigenvalue weighted by molar-refractivity contribution is 5.94. The number of carbonyl (C=O) groups excluding carboxylic acids is 1. The molecule has 110 valence electrons. The second-order valence-electron chi connectivity index (χ2n) is 5.38. The summed E-state index contributed by atoms with van der Waals surface area (Å²) in [6, 6.07) is 14.8. The Morgan fingerprint density at radius 1 is 1.19 bits per heavy atom. The Morgan fingerprint density at radius 3 is 2.57 bits per heavy atom. The average molecular weight is 285 g/mol. The van der Waals surface area contributed by atoms with Gasteiger partial charge in [0, 0.05) is 6.04 Å². The summed E-state index contributed by atoms with van der Waals surface area (Å²) in [6.07, 6.45) is 1.71. The van der Waals surface area contributed by atoms with Crippen molar-refractivity contribution >= 4 is 5.91 Å². The highest BCUT2D eigenvalue weighted by atomic mass is 19.1. The van der Waals surface area contributed by atoms with Crippen molar-refractivity contribution in [3.8, 4) is 0 Å². The molecule has 0 spiro atoms. The fourth-order valence-corrected chi connectivity index (χ4v) is 2.21. The van der Waals surface area contributed by atoms with E-state index in [1.165, 1.54) is 17.7 Å². The highest BCUT2D eigenvalue weighted by Gasteiger charge is 2.14. The van der Waals surface area contributed by atoms with Crippen LogP contribution in [0.15, 0.2) is 48.5 Å². The predicted octanol–water partition coefficient (Wildman–Crippen LogP) is 3.89. The van der Waals surface area contributed by atoms with E-state index >= 15 is 0 Å². The third kappa shape index (κ3) is 4.42. The fraction of sp³-hybridized carbons (Fsp3) is 0.278. The Morgan fingerprint density at radius 2 is 1.90 bits per heavy atom. The van der Waals surface area contributed by atoms with E-state index < -0.39 is 5.82 Å². The van der Waals surface area contributed by atoms with Gasteiger partial charge >= 0.3 is 0 Å². The molecule has 1 amide bonds. The lowest BCUT2D eigenvalue weighted by molar-refractivity contribution is 0.0934. The molecule has 0 fully saturated rings. The third-order valence-corrected chi connectivity index (χ3v) is 3.46. The molecule has 3 heteroatoms. The molecule has 2 nitrogen and oxygen atoms in total. The Labute approximate surface area is 125 Å². The van der Waals surface area contributed by atoms with Gasteiger partial charge in [-0.15, -0.1) is 0 Å². The minimum atomic E-state index is -0.470. The van der Waals surface area contributed by atoms with Crippen LogP contribution in [0.3, 0.4) is 0 Å². The molecule has 0 aliphatic carbocycles. The van der Waals surface area contributed by atoms with Crippen LogP contribution in [0.25, 0.3) is 0 Å². The molecular formula is C18H20FNO. The molecule has 0 aliphatic heterocycles. The zero-order chi connectivity index (χ0) is 15.2. The zero-order valence-electron chi connectivity index (χ0n) is 12.4. The SMILES string of the molecule is Cc1ccc(C(=O)NC(C)CCc2ccccc2)c(F)c1. The van der Waals surface area contributed by atoms with E-state index in [0.717, 1.165) is 18.4 Å². The van der Waals surface area contributed by atoms with Gasteiger partial charge < -0.3 is 5.32 Å². The lowest BCUT2D eigenvalue weighted by Crippen LogP contribution is -2.33. The van der Waals surface area contributed by atoms with Crippen LogP contribution in [0.2, 0.25) is 0 Å². The van der Waals surface area contributed by atoms with Gasteiger partial charge in [0.1, 0.15) is 5.82 Å². The van der Waals surface area contributed by atoms with Crippen LogP contribution in [-0.2, 0) is 6.42 Å². The fourth-order valence-electron chi connectivity index (χ4n) is 2.21. The Balaban J connectivity index is 1.90. The van der Waals surface area contributed by atoms with Crippen LogP contribution in [0.5, 0.6) is 0 Å². The Bertz CT molecular complexity index is 610. The number of hydrogen-bond acceptors (Lipinski definition) is 1. The summed E-state index contributed by atoms with van der Waals surface area (Å²) in [5.41, 5.74) is 2.15. The van der Waals surface area contributed by atoms with Gasteiger partial charge in [0.2, 0.25) is 0 Å². The quantitative estimate of drug-likeness (QED) is 0.887. The van der Waals surface area contributed by atoms with Crippen LogP contribution in [0.1, 0.15) is 34.8 Å². The Hall–Kier alpha value is -2.16. The van der Waals surface area contributed by atoms with Gasteiger partial charge in [0.05, 0.1) is 5.56 Å². The van der Waals surface area contributed by atoms with E-state index in [0.29, 0.717) is 0 Å². The van der Waals surface area contributed by atoms with E-state index in [1.807, 2.05) is 25.1 Å². The molecule has 0 aliphatic rings. The van der Waals surface area contributed by atoms with Crippen molar-refractivity contribution in [1.82, 2.24) is 5.32 Å². The van der Waals surface area contributed by atoms with Gasteiger partial charge in [-0.25, -0.2) is 4.39 Å². The summed E-state index contributed by atoms with van der Waals surface area (Å²) in [7, 11) is 0. The predicted molar refractivity (Wildman–Crippen MR) is 82.8 cm³/mol. The van der Waals surface area contributed by atoms with Gasteiger partial charge in [-0.2, -0.15) is 0 Å². The third-order valence-electron chi connectivity index (χ3n) is 3.46. The molecule has 0 bridgehead atoms. The number of carbonyl (C=O) groups is 1. The van der Waals surface area contributed by atoms with E-state index in [9.17, 15) is 9.18 Å². The number of amides is 1. The van der Waals surface area contributed by atoms with Crippen LogP contribution >= 0.6 is 0 Å². The van der Waals surface area contributed by atoms with Gasteiger partial charge in [0.15, 0.2) is 0 Å². The van der Waals surface area contributed by atoms with Crippen LogP contribution < -0.4 is 5.32 Å². The average Bonchev–Trinajstić information content (AvgIpc) is 2.46. The number of halogens is 1. The topological polar surface area (TPSA) is 29.1 Å². The lowest BCUT2D eigenvalue weighted by atomic mass is 10.1. The maximum absolute atomic E-state index is 13.7. The number of benzene rings is 2. The molecule has 2 rings (SSSR count). The smallest absolute Gasteiger partial charge is 0.254 e. The molecule has 0 radical (unpaired) electrons. The summed E-state index contributed by atoms with van der Waals surface area (Å²) in [4.78, 5) is 12.0. The van der Waals surface area contributed by atoms with Crippen molar-refractivity contribution < 1.29 is 9.18 Å². The number of aryl methyl sites for hydroxylation is 2. The summed E-state index contributed by atoms with van der Waals surface area (Å²) < 4.78 is 13.7. The van der Waals surface area contributed by atoms with E-state index in [1.54, 1.807) is 13.0 Å². The van der Waals surface area contributed by atoms with Gasteiger partial charge in [-0.3, -0.25) is 4.79 Å². The van der Waals surface area contributed by atoms with Gasteiger partial charge in [-0.05, 0) is 49.9 Å². The first-order valence-corrected chi connectivity index (χ1v) is 7.17. The molecule has 0 aromatic heterocycles. The molecule has 0 saturated heterocycles. The molecule has 2 aromatic carbocycles. The van der Waals surface area contributed by atoms with E-state index in [2.05, 4.69) is 17.4 Å². The van der Waals surface area contributed by atoms with Crippen molar-refractivity contribution in [1.29, 1.82) is 0 Å². The van der Waals surface area contributed by atoms with Crippen molar-refractivity contribution in [3.63, 3.8) is 0 Å². The molecule has 1 unspecified atom stereocenters. The molecule has 1 atom stereocenters. The molecule has 0 heterocycles. The molecular weight excluding hydrogens is 265 g/mol. The lowest BCUT2D eigenvalue weighted by Gasteiger charge is -2.14. The van der Waals surface area contributed by atoms with Crippen molar-refractivity contribution in [2.45, 2.75) is 32.7 Å². The standard InChI is InChI=1S/C18H20FNO/c1-13-8-11-16(17(19)12-13)18(21)20-14(2)9-10-15-6-4-3-5-7-15/h3-8,11-12,14H,9-10H2,1-2H3,(H,20,21). The highest BCUT2D eigenvalue weighted by Crippen LogP contribution is 2.11. The van der Waals surface area contributed by atoms with Crippen LogP contribution in [-0.4, -0.2) is 11.9 Å². The number of nitrogens with one attached hydrogen (secondary N) is 1. The molecule has 2 aromatic rings. The van der Waals surface area contributed by atoms with Gasteiger partial charge in [0.25, 0.3) is 5.91 Å². The molecule has 0 saturated carbocycles. The first-order valence-electron chi connectivity index (χ1n) is 7.17. The minimum absolute atomic E-state index is 0.00147. The minimum Gasteiger partial charge on any atom is -0.349 e. The monoisotopic (exact) mass is 285 g/mol. The van der Waals surface area contributed by atoms with Crippen LogP contribution in [0.4, 0.5) is 4.39 Å². The number of rotatable bonds is 5. The Kier molecular flexibility index (Phi) is 5.09. The molecule has 21 heavy (non-hydrogen) atoms. The van der Waals surface area contributed by atoms with Gasteiger partial charge in [-0.1, -0.05) is 36.4 Å². The zero-order valence-corrected chi connectivity index (χ0v) is 12.4. The normalized spacial score (nSPS) is 12.0. The van der Waals surface area contributed by atoms with Crippen molar-refractivity contribution in [2.24, 2.45) is 0 Å². The second-order valence-corrected chi connectivity index (χ2v) is 5.38. The van der Waals surface area contributed by atoms with Crippen molar-refractivity contribution in [3.05, 3.63) is 71.0 Å². The second kappa shape index (κ2) is 7.02. The summed E-state index contributed by atoms with van der Waals surface area (Å²) in [5.74, 6) is -0.823. The number of hydrogen-bond donors (Lipinski definition) is 1. The first-order chi connectivity index (χ1) is 10.1. The summed E-state index contributed by atoms with van der Waals surface area (Å²) >= 11 is 0. The largest absolute Gasteiger partial charge is 0.349 e. The van der Waals surface area contributed by atoms with Crippen molar-refractivity contribution in [2.75, 3.05) is 0 Å². The van der Waals surface area contributed by atoms with Crippen LogP contribution in [0, 0.1) is 12.7 Å². The maximum atomic E-state index is 13.7. The van der Waals surface area contributed by atoms with E-state index in [4.69, 9.17) is 0 Å². The molecule has 1 N–H and O–H groups in total. The summed E-state index contributed by atoms with van der Waals surface area (Å²) in [5, 5.41) is 2.85. The first kappa shape index (κ1) is 15.2.